The van der Waals surface area contributed by atoms with Gasteiger partial charge in [0.2, 0.25) is 5.72 Å². The van der Waals surface area contributed by atoms with Crippen LogP contribution in [0.3, 0.4) is 0 Å². The van der Waals surface area contributed by atoms with E-state index >= 15 is 0 Å². The maximum absolute atomic E-state index is 12.3. The Morgan fingerprint density at radius 1 is 1.47 bits per heavy atom. The van der Waals surface area contributed by atoms with Crippen molar-refractivity contribution in [2.75, 3.05) is 7.11 Å². The lowest BCUT2D eigenvalue weighted by Gasteiger charge is -2.30. The summed E-state index contributed by atoms with van der Waals surface area (Å²) in [4.78, 5) is 17.5. The molecule has 1 saturated carbocycles. The average molecular weight is 233 g/mol. The molecule has 90 valence electrons. The molecule has 4 heteroatoms. The van der Waals surface area contributed by atoms with Crippen LogP contribution in [0, 0.1) is 5.92 Å². The van der Waals surface area contributed by atoms with Crippen molar-refractivity contribution >= 4 is 5.78 Å². The highest BCUT2D eigenvalue weighted by Crippen LogP contribution is 2.44. The van der Waals surface area contributed by atoms with E-state index in [-0.39, 0.29) is 11.7 Å². The van der Waals surface area contributed by atoms with E-state index in [0.29, 0.717) is 12.1 Å². The molecule has 3 rings (SSSR count). The number of nitrogens with zero attached hydrogens (tertiary/aromatic N) is 1. The Morgan fingerprint density at radius 2 is 2.18 bits per heavy atom. The van der Waals surface area contributed by atoms with Gasteiger partial charge in [-0.1, -0.05) is 24.3 Å². The van der Waals surface area contributed by atoms with Crippen LogP contribution in [-0.4, -0.2) is 23.1 Å². The van der Waals surface area contributed by atoms with Crippen LogP contribution in [0.15, 0.2) is 24.3 Å². The fraction of sp³-hybridized carbons (Fsp3) is 0.462. The molecule has 2 aliphatic rings. The molecule has 0 saturated heterocycles. The number of fused-ring (bicyclic) bond motifs is 1. The number of hydrogen-bond donors (Lipinski definition) is 1. The molecule has 0 spiro atoms. The number of hydrogen-bond acceptors (Lipinski definition) is 4. The monoisotopic (exact) mass is 233 g/mol. The molecule has 0 amide bonds. The number of benzene rings is 1. The largest absolute Gasteiger partial charge is 0.364 e. The van der Waals surface area contributed by atoms with Crippen molar-refractivity contribution in [2.24, 2.45) is 5.92 Å². The first-order chi connectivity index (χ1) is 8.17. The van der Waals surface area contributed by atoms with Gasteiger partial charge >= 0.3 is 0 Å². The summed E-state index contributed by atoms with van der Waals surface area (Å²) in [6.45, 7) is 0.446. The van der Waals surface area contributed by atoms with Gasteiger partial charge in [0.05, 0.1) is 13.7 Å². The normalized spacial score (nSPS) is 28.1. The van der Waals surface area contributed by atoms with Crippen LogP contribution in [0.1, 0.15) is 24.0 Å². The van der Waals surface area contributed by atoms with Crippen LogP contribution >= 0.6 is 0 Å². The van der Waals surface area contributed by atoms with Gasteiger partial charge in [0.15, 0.2) is 5.78 Å². The highest BCUT2D eigenvalue weighted by molar-refractivity contribution is 5.92. The highest BCUT2D eigenvalue weighted by Gasteiger charge is 2.54. The minimum atomic E-state index is -1.59. The maximum Gasteiger partial charge on any atom is 0.227 e. The van der Waals surface area contributed by atoms with Crippen molar-refractivity contribution < 1.29 is 14.7 Å². The molecule has 1 atom stereocenters. The Balaban J connectivity index is 2.08. The van der Waals surface area contributed by atoms with E-state index in [1.807, 2.05) is 18.2 Å². The summed E-state index contributed by atoms with van der Waals surface area (Å²) in [7, 11) is 1.48. The van der Waals surface area contributed by atoms with E-state index < -0.39 is 5.72 Å². The molecule has 1 aliphatic heterocycles. The number of hydroxylamine groups is 2. The van der Waals surface area contributed by atoms with Gasteiger partial charge in [0, 0.05) is 11.5 Å². The van der Waals surface area contributed by atoms with Crippen LogP contribution < -0.4 is 0 Å². The van der Waals surface area contributed by atoms with Gasteiger partial charge < -0.3 is 5.11 Å². The van der Waals surface area contributed by atoms with Crippen molar-refractivity contribution in [1.29, 1.82) is 0 Å². The Morgan fingerprint density at radius 3 is 2.82 bits per heavy atom. The van der Waals surface area contributed by atoms with E-state index in [0.717, 1.165) is 18.4 Å². The van der Waals surface area contributed by atoms with Gasteiger partial charge in [-0.05, 0) is 18.4 Å². The zero-order valence-electron chi connectivity index (χ0n) is 9.72. The Bertz CT molecular complexity index is 469. The maximum atomic E-state index is 12.3. The topological polar surface area (TPSA) is 49.8 Å². The van der Waals surface area contributed by atoms with E-state index in [4.69, 9.17) is 4.84 Å². The second-order valence-corrected chi connectivity index (χ2v) is 4.69. The molecule has 1 unspecified atom stereocenters. The summed E-state index contributed by atoms with van der Waals surface area (Å²) in [6, 6.07) is 7.46. The fourth-order valence-corrected chi connectivity index (χ4v) is 2.48. The van der Waals surface area contributed by atoms with E-state index in [9.17, 15) is 9.90 Å². The minimum absolute atomic E-state index is 0.0104. The van der Waals surface area contributed by atoms with Crippen molar-refractivity contribution in [3.63, 3.8) is 0 Å². The lowest BCUT2D eigenvalue weighted by Crippen LogP contribution is -2.47. The van der Waals surface area contributed by atoms with Crippen LogP contribution in [0.2, 0.25) is 0 Å². The lowest BCUT2D eigenvalue weighted by atomic mass is 9.95. The molecule has 0 bridgehead atoms. The summed E-state index contributed by atoms with van der Waals surface area (Å²) in [6.07, 6.45) is 1.75. The average Bonchev–Trinajstić information content (AvgIpc) is 3.15. The molecule has 0 radical (unpaired) electrons. The predicted octanol–water partition coefficient (Wildman–Crippen LogP) is 1.19. The number of aliphatic hydroxyl groups is 1. The first-order valence-electron chi connectivity index (χ1n) is 5.84. The number of carbonyl (C=O) groups is 1. The molecule has 1 aliphatic carbocycles. The van der Waals surface area contributed by atoms with Gasteiger partial charge in [-0.2, -0.15) is 0 Å². The van der Waals surface area contributed by atoms with Gasteiger partial charge in [0.25, 0.3) is 0 Å². The van der Waals surface area contributed by atoms with Crippen LogP contribution in [-0.2, 0) is 21.9 Å². The third-order valence-corrected chi connectivity index (χ3v) is 3.58. The number of carbonyl (C=O) groups excluding carboxylic acids is 1. The summed E-state index contributed by atoms with van der Waals surface area (Å²) >= 11 is 0. The minimum Gasteiger partial charge on any atom is -0.364 e. The fourth-order valence-electron chi connectivity index (χ4n) is 2.48. The standard InChI is InChI=1S/C13H15NO3/c1-17-14-8-10-4-2-3-5-11(10)13(14,16)12(15)9-6-7-9/h2-5,9,16H,6-8H2,1H3. The first kappa shape index (κ1) is 10.9. The Labute approximate surface area is 99.8 Å². The van der Waals surface area contributed by atoms with Gasteiger partial charge in [-0.15, -0.1) is 5.06 Å². The molecule has 17 heavy (non-hydrogen) atoms. The quantitative estimate of drug-likeness (QED) is 0.852. The van der Waals surface area contributed by atoms with Gasteiger partial charge in [-0.25, -0.2) is 0 Å². The summed E-state index contributed by atoms with van der Waals surface area (Å²) < 4.78 is 0. The second kappa shape index (κ2) is 3.63. The number of rotatable bonds is 3. The molecular weight excluding hydrogens is 218 g/mol. The van der Waals surface area contributed by atoms with Crippen LogP contribution in [0.4, 0.5) is 0 Å². The molecule has 0 aromatic heterocycles. The molecular formula is C13H15NO3. The summed E-state index contributed by atoms with van der Waals surface area (Å²) in [5, 5.41) is 12.1. The molecule has 1 aromatic rings. The molecule has 1 aromatic carbocycles. The van der Waals surface area contributed by atoms with Gasteiger partial charge in [0.1, 0.15) is 0 Å². The SMILES string of the molecule is CON1Cc2ccccc2C1(O)C(=O)C1CC1. The summed E-state index contributed by atoms with van der Waals surface area (Å²) in [5.74, 6) is -0.145. The first-order valence-corrected chi connectivity index (χ1v) is 5.84. The zero-order valence-corrected chi connectivity index (χ0v) is 9.72. The third-order valence-electron chi connectivity index (χ3n) is 3.58. The predicted molar refractivity (Wildman–Crippen MR) is 60.6 cm³/mol. The van der Waals surface area contributed by atoms with Crippen molar-refractivity contribution in [1.82, 2.24) is 5.06 Å². The second-order valence-electron chi connectivity index (χ2n) is 4.69. The molecule has 1 heterocycles. The Kier molecular flexibility index (Phi) is 2.33. The molecule has 1 N–H and O–H groups in total. The van der Waals surface area contributed by atoms with Crippen molar-refractivity contribution in [3.05, 3.63) is 35.4 Å². The zero-order chi connectivity index (χ0) is 12.0. The molecule has 4 nitrogen and oxygen atoms in total. The smallest absolute Gasteiger partial charge is 0.227 e. The van der Waals surface area contributed by atoms with E-state index in [1.54, 1.807) is 6.07 Å². The Hall–Kier alpha value is -1.23. The third kappa shape index (κ3) is 1.45. The summed E-state index contributed by atoms with van der Waals surface area (Å²) in [5.41, 5.74) is 0.0246. The van der Waals surface area contributed by atoms with Crippen LogP contribution in [0.5, 0.6) is 0 Å². The molecule has 1 fully saturated rings. The van der Waals surface area contributed by atoms with Crippen LogP contribution in [0.25, 0.3) is 0 Å². The van der Waals surface area contributed by atoms with E-state index in [1.165, 1.54) is 12.2 Å². The van der Waals surface area contributed by atoms with Crippen molar-refractivity contribution in [2.45, 2.75) is 25.1 Å². The number of ketones is 1. The van der Waals surface area contributed by atoms with Crippen molar-refractivity contribution in [3.8, 4) is 0 Å². The van der Waals surface area contributed by atoms with E-state index in [2.05, 4.69) is 0 Å². The van der Waals surface area contributed by atoms with Gasteiger partial charge in [-0.3, -0.25) is 9.63 Å². The number of Topliss-reactive ketones (excluding diaryl/α,β-unsaturated/α-hetero) is 1. The highest BCUT2D eigenvalue weighted by atomic mass is 16.7. The lowest BCUT2D eigenvalue weighted by molar-refractivity contribution is -0.270.